The second-order valence-corrected chi connectivity index (χ2v) is 14.7. The first-order valence-electron chi connectivity index (χ1n) is 7.23. The van der Waals surface area contributed by atoms with Gasteiger partial charge in [-0.1, -0.05) is 0 Å². The number of aryl methyl sites for hydroxylation is 2. The molecule has 0 amide bonds. The molecule has 1 aromatic carbocycles. The first kappa shape index (κ1) is 16.5. The fourth-order valence-corrected chi connectivity index (χ4v) is 10.7. The van der Waals surface area contributed by atoms with E-state index in [1.807, 2.05) is 11.3 Å². The van der Waals surface area contributed by atoms with Gasteiger partial charge >= 0.3 is 141 Å². The van der Waals surface area contributed by atoms with E-state index in [-0.39, 0.29) is 0 Å². The normalized spacial score (nSPS) is 11.7. The van der Waals surface area contributed by atoms with Gasteiger partial charge in [-0.3, -0.25) is 0 Å². The fraction of sp³-hybridized carbons (Fsp3) is 0.412. The molecule has 0 saturated carbocycles. The van der Waals surface area contributed by atoms with Crippen molar-refractivity contribution >= 4 is 41.6 Å². The van der Waals surface area contributed by atoms with Crippen LogP contribution in [0.5, 0.6) is 0 Å². The number of hydrogen-bond acceptors (Lipinski definition) is 1. The molecule has 2 rings (SSSR count). The van der Waals surface area contributed by atoms with Crippen LogP contribution >= 0.6 is 41.6 Å². The van der Waals surface area contributed by atoms with Crippen LogP contribution in [0.3, 0.4) is 0 Å². The van der Waals surface area contributed by atoms with Crippen LogP contribution in [-0.4, -0.2) is 0 Å². The molecule has 1 aromatic heterocycles. The zero-order valence-electron chi connectivity index (χ0n) is 12.2. The Morgan fingerprint density at radius 1 is 1.10 bits per heavy atom. The van der Waals surface area contributed by atoms with Gasteiger partial charge in [-0.05, 0) is 0 Å². The summed E-state index contributed by atoms with van der Waals surface area (Å²) in [5.74, 6) is 0. The zero-order chi connectivity index (χ0) is 14.4. The van der Waals surface area contributed by atoms with Crippen molar-refractivity contribution < 1.29 is 0 Å². The van der Waals surface area contributed by atoms with Crippen molar-refractivity contribution in [3.05, 3.63) is 53.3 Å². The van der Waals surface area contributed by atoms with Gasteiger partial charge < -0.3 is 0 Å². The summed E-state index contributed by atoms with van der Waals surface area (Å²) >= 11 is 4.67. The van der Waals surface area contributed by atoms with E-state index in [4.69, 9.17) is 0 Å². The molecule has 20 heavy (non-hydrogen) atoms. The van der Waals surface area contributed by atoms with E-state index >= 15 is 0 Å². The zero-order valence-corrected chi connectivity index (χ0v) is 16.7. The molecule has 0 fully saturated rings. The molecule has 0 atom stereocenters. The number of unbranched alkanes of at least 4 members (excludes halogenated alkanes) is 3. The van der Waals surface area contributed by atoms with Crippen molar-refractivity contribution in [1.29, 1.82) is 0 Å². The van der Waals surface area contributed by atoms with Gasteiger partial charge in [0.25, 0.3) is 0 Å². The number of thiophene rings is 1. The van der Waals surface area contributed by atoms with Crippen LogP contribution < -0.4 is 0 Å². The first-order valence-corrected chi connectivity index (χ1v) is 15.0. The van der Waals surface area contributed by atoms with Gasteiger partial charge in [-0.15, -0.1) is 0 Å². The van der Waals surface area contributed by atoms with Crippen molar-refractivity contribution in [1.82, 2.24) is 0 Å². The molecule has 0 aliphatic rings. The second kappa shape index (κ2) is 8.54. The molecule has 0 bridgehead atoms. The Kier molecular flexibility index (Phi) is 7.05. The summed E-state index contributed by atoms with van der Waals surface area (Å²) in [5.41, 5.74) is 1.58. The molecule has 110 valence electrons. The number of benzene rings is 1. The third-order valence-electron chi connectivity index (χ3n) is 3.38. The molecule has 0 saturated heterocycles. The van der Waals surface area contributed by atoms with Crippen LogP contribution in [0.15, 0.2) is 36.4 Å². The molecule has 0 radical (unpaired) electrons. The third-order valence-corrected chi connectivity index (χ3v) is 14.8. The summed E-state index contributed by atoms with van der Waals surface area (Å²) in [5, 5.41) is 0. The number of rotatable bonds is 7. The van der Waals surface area contributed by atoms with E-state index in [0.717, 1.165) is 0 Å². The van der Waals surface area contributed by atoms with Crippen LogP contribution in [0.25, 0.3) is 0 Å². The summed E-state index contributed by atoms with van der Waals surface area (Å²) in [6.45, 7) is 4.56. The minimum absolute atomic E-state index is 1.26. The Labute approximate surface area is 140 Å². The molecule has 3 heteroatoms. The van der Waals surface area contributed by atoms with E-state index in [2.05, 4.69) is 62.9 Å². The number of halogens is 2. The van der Waals surface area contributed by atoms with Crippen LogP contribution in [0.2, 0.25) is 0 Å². The molecule has 0 aliphatic heterocycles. The summed E-state index contributed by atoms with van der Waals surface area (Å²) in [4.78, 5) is 1.52. The molecule has 0 unspecified atom stereocenters. The van der Waals surface area contributed by atoms with Crippen molar-refractivity contribution in [3.63, 3.8) is 0 Å². The minimum atomic E-state index is -1.33. The van der Waals surface area contributed by atoms with E-state index in [1.54, 1.807) is 8.45 Å². The van der Waals surface area contributed by atoms with Crippen molar-refractivity contribution in [3.8, 4) is 0 Å². The summed E-state index contributed by atoms with van der Waals surface area (Å²) in [6.07, 6.45) is 6.66. The first-order chi connectivity index (χ1) is 9.72. The average molecular weight is 465 g/mol. The molecular formula is C17H22BrIS. The Bertz CT molecular complexity index is 521. The molecule has 1 heterocycles. The maximum atomic E-state index is 4.00. The topological polar surface area (TPSA) is 0 Å². The Morgan fingerprint density at radius 2 is 1.85 bits per heavy atom. The van der Waals surface area contributed by atoms with Crippen molar-refractivity contribution in [2.24, 2.45) is 0 Å². The van der Waals surface area contributed by atoms with E-state index in [9.17, 15) is 0 Å². The third kappa shape index (κ3) is 4.57. The predicted molar refractivity (Wildman–Crippen MR) is 104 cm³/mol. The Morgan fingerprint density at radius 3 is 2.55 bits per heavy atom. The van der Waals surface area contributed by atoms with E-state index in [0.29, 0.717) is 0 Å². The predicted octanol–water partition coefficient (Wildman–Crippen LogP) is 7.04. The van der Waals surface area contributed by atoms with Crippen LogP contribution in [0.1, 0.15) is 43.0 Å². The molecule has 0 aliphatic carbocycles. The second-order valence-electron chi connectivity index (χ2n) is 4.98. The molecule has 2 aromatic rings. The van der Waals surface area contributed by atoms with Gasteiger partial charge in [-0.25, -0.2) is 0 Å². The van der Waals surface area contributed by atoms with Gasteiger partial charge in [0.2, 0.25) is 0 Å². The molecule has 0 spiro atoms. The molecule has 0 N–H and O–H groups in total. The fourth-order valence-electron chi connectivity index (χ4n) is 2.18. The van der Waals surface area contributed by atoms with Gasteiger partial charge in [0.05, 0.1) is 0 Å². The van der Waals surface area contributed by atoms with E-state index < -0.39 is 17.6 Å². The van der Waals surface area contributed by atoms with Gasteiger partial charge in [0, 0.05) is 0 Å². The van der Waals surface area contributed by atoms with Crippen LogP contribution in [0.4, 0.5) is 0 Å². The average Bonchev–Trinajstić information content (AvgIpc) is 2.85. The van der Waals surface area contributed by atoms with Crippen LogP contribution in [0, 0.1) is 13.4 Å². The quantitative estimate of drug-likeness (QED) is 0.304. The van der Waals surface area contributed by atoms with Gasteiger partial charge in [0.1, 0.15) is 0 Å². The van der Waals surface area contributed by atoms with Crippen LogP contribution in [-0.2, 0) is 6.42 Å². The molecule has 0 nitrogen and oxygen atoms in total. The van der Waals surface area contributed by atoms with Crippen molar-refractivity contribution in [2.45, 2.75) is 46.0 Å². The monoisotopic (exact) mass is 464 g/mol. The van der Waals surface area contributed by atoms with Crippen molar-refractivity contribution in [2.75, 3.05) is 0 Å². The SMILES string of the molecule is CCCCCCc1cc(I(Br)c2ccccc2)sc1C. The number of hydrogen-bond donors (Lipinski definition) is 0. The standard InChI is InChI=1S/C17H22BrIS/c1-3-4-5-7-10-15-13-17(20-14(15)2)19(18)16-11-8-6-9-12-16/h6,8-9,11-13H,3-5,7,10H2,1-2H3. The summed E-state index contributed by atoms with van der Waals surface area (Å²) < 4.78 is 3.08. The van der Waals surface area contributed by atoms with E-state index in [1.165, 1.54) is 40.6 Å². The summed E-state index contributed by atoms with van der Waals surface area (Å²) in [6, 6.07) is 13.4. The maximum absolute atomic E-state index is 4.00. The Hall–Kier alpha value is 0.130. The summed E-state index contributed by atoms with van der Waals surface area (Å²) in [7, 11) is 0. The van der Waals surface area contributed by atoms with Gasteiger partial charge in [0.15, 0.2) is 0 Å². The Balaban J connectivity index is 2.03. The van der Waals surface area contributed by atoms with Gasteiger partial charge in [-0.2, -0.15) is 0 Å². The molecular weight excluding hydrogens is 443 g/mol.